The largest absolute Gasteiger partial charge is 0.479 e. The van der Waals surface area contributed by atoms with E-state index in [9.17, 15) is 14.4 Å². The molecule has 0 bridgehead atoms. The quantitative estimate of drug-likeness (QED) is 0.195. The predicted octanol–water partition coefficient (Wildman–Crippen LogP) is 8.15. The second-order valence-corrected chi connectivity index (χ2v) is 14.9. The van der Waals surface area contributed by atoms with Gasteiger partial charge in [-0.2, -0.15) is 0 Å². The van der Waals surface area contributed by atoms with Crippen molar-refractivity contribution in [2.75, 3.05) is 25.7 Å². The lowest BCUT2D eigenvalue weighted by atomic mass is 9.79. The van der Waals surface area contributed by atoms with Crippen molar-refractivity contribution in [3.05, 3.63) is 67.9 Å². The van der Waals surface area contributed by atoms with Gasteiger partial charge in [-0.1, -0.05) is 46.6 Å². The van der Waals surface area contributed by atoms with Crippen molar-refractivity contribution in [3.8, 4) is 16.2 Å². The molecule has 12 heteroatoms. The SMILES string of the molecule is COC(=O)c1sc(-c2cccc(N(C(N)=O)C3CCCC(C(Cc4cccc(Br)c4)OC)C3)c2)c(Br)c1OCC(=O)OC(C)(C)C. The highest BCUT2D eigenvalue weighted by molar-refractivity contribution is 9.11. The molecule has 46 heavy (non-hydrogen) atoms. The van der Waals surface area contributed by atoms with Crippen LogP contribution < -0.4 is 15.4 Å². The number of rotatable bonds is 11. The molecule has 2 aromatic carbocycles. The Morgan fingerprint density at radius 2 is 1.80 bits per heavy atom. The Labute approximate surface area is 291 Å². The molecule has 0 spiro atoms. The maximum absolute atomic E-state index is 13.0. The number of esters is 2. The van der Waals surface area contributed by atoms with E-state index in [0.717, 1.165) is 53.5 Å². The van der Waals surface area contributed by atoms with Gasteiger partial charge in [-0.3, -0.25) is 4.90 Å². The van der Waals surface area contributed by atoms with E-state index in [-0.39, 0.29) is 28.7 Å². The molecule has 4 rings (SSSR count). The van der Waals surface area contributed by atoms with Crippen molar-refractivity contribution in [1.82, 2.24) is 0 Å². The molecule has 3 aromatic rings. The summed E-state index contributed by atoms with van der Waals surface area (Å²) in [7, 11) is 3.03. The van der Waals surface area contributed by atoms with Gasteiger partial charge in [-0.25, -0.2) is 14.4 Å². The molecule has 9 nitrogen and oxygen atoms in total. The molecule has 2 N–H and O–H groups in total. The van der Waals surface area contributed by atoms with Gasteiger partial charge in [0.2, 0.25) is 0 Å². The molecule has 2 amide bonds. The summed E-state index contributed by atoms with van der Waals surface area (Å²) in [6.07, 6.45) is 4.27. The van der Waals surface area contributed by atoms with Gasteiger partial charge in [0.05, 0.1) is 22.6 Å². The van der Waals surface area contributed by atoms with Gasteiger partial charge in [0.25, 0.3) is 0 Å². The minimum absolute atomic E-state index is 0.00363. The number of anilines is 1. The number of thiophene rings is 1. The zero-order valence-corrected chi connectivity index (χ0v) is 30.6. The predicted molar refractivity (Wildman–Crippen MR) is 187 cm³/mol. The number of primary amides is 1. The Kier molecular flexibility index (Phi) is 12.3. The number of urea groups is 1. The number of ether oxygens (including phenoxy) is 4. The fourth-order valence-corrected chi connectivity index (χ4v) is 8.28. The van der Waals surface area contributed by atoms with Gasteiger partial charge in [0, 0.05) is 23.3 Å². The second kappa shape index (κ2) is 15.8. The second-order valence-electron chi connectivity index (χ2n) is 12.2. The molecule has 1 aromatic heterocycles. The van der Waals surface area contributed by atoms with E-state index in [1.54, 1.807) is 32.8 Å². The highest BCUT2D eigenvalue weighted by atomic mass is 79.9. The van der Waals surface area contributed by atoms with Crippen molar-refractivity contribution in [2.45, 2.75) is 70.6 Å². The third-order valence-electron chi connectivity index (χ3n) is 7.76. The number of carbonyl (C=O) groups is 3. The van der Waals surface area contributed by atoms with Gasteiger partial charge < -0.3 is 24.7 Å². The van der Waals surface area contributed by atoms with E-state index < -0.39 is 30.2 Å². The lowest BCUT2D eigenvalue weighted by Gasteiger charge is -2.39. The first kappa shape index (κ1) is 35.9. The normalized spacial score (nSPS) is 17.2. The molecule has 3 unspecified atom stereocenters. The first-order chi connectivity index (χ1) is 21.8. The number of nitrogens with zero attached hydrogens (tertiary/aromatic N) is 1. The first-order valence-corrected chi connectivity index (χ1v) is 17.4. The Bertz CT molecular complexity index is 1550. The smallest absolute Gasteiger partial charge is 0.351 e. The third-order valence-corrected chi connectivity index (χ3v) is 10.5. The standard InChI is InChI=1S/C34H40Br2N2O7S/c1-34(2,3)45-27(39)19-44-29-28(36)30(46-31(29)32(40)43-5)22-11-8-14-25(18-22)38(33(37)41)24-13-7-10-21(17-24)26(42-4)16-20-9-6-12-23(35)15-20/h6,8-9,11-12,14-15,18,21,24,26H,7,10,13,16-17,19H2,1-5H3,(H2,37,41). The third kappa shape index (κ3) is 9.11. The minimum atomic E-state index is -0.683. The van der Waals surface area contributed by atoms with Crippen molar-refractivity contribution in [2.24, 2.45) is 11.7 Å². The number of benzene rings is 2. The molecule has 3 atom stereocenters. The van der Waals surface area contributed by atoms with Crippen molar-refractivity contribution >= 4 is 66.9 Å². The molecular formula is C34H40Br2N2O7S. The average molecular weight is 781 g/mol. The fraction of sp³-hybridized carbons (Fsp3) is 0.441. The van der Waals surface area contributed by atoms with Crippen LogP contribution in [0.1, 0.15) is 61.7 Å². The zero-order valence-electron chi connectivity index (χ0n) is 26.6. The van der Waals surface area contributed by atoms with Gasteiger partial charge >= 0.3 is 18.0 Å². The summed E-state index contributed by atoms with van der Waals surface area (Å²) >= 11 is 8.30. The lowest BCUT2D eigenvalue weighted by Crippen LogP contribution is -2.47. The molecule has 1 aliphatic carbocycles. The first-order valence-electron chi connectivity index (χ1n) is 15.0. The van der Waals surface area contributed by atoms with Gasteiger partial charge in [0.15, 0.2) is 17.2 Å². The molecule has 0 radical (unpaired) electrons. The summed E-state index contributed by atoms with van der Waals surface area (Å²) in [5.74, 6) is -0.748. The topological polar surface area (TPSA) is 117 Å². The highest BCUT2D eigenvalue weighted by Gasteiger charge is 2.34. The monoisotopic (exact) mass is 778 g/mol. The van der Waals surface area contributed by atoms with Crippen LogP contribution in [0.15, 0.2) is 57.5 Å². The van der Waals surface area contributed by atoms with Crippen LogP contribution in [-0.4, -0.2) is 56.5 Å². The molecule has 1 fully saturated rings. The number of methoxy groups -OCH3 is 2. The number of hydrogen-bond acceptors (Lipinski definition) is 8. The average Bonchev–Trinajstić information content (AvgIpc) is 3.33. The summed E-state index contributed by atoms with van der Waals surface area (Å²) in [4.78, 5) is 40.6. The van der Waals surface area contributed by atoms with E-state index >= 15 is 0 Å². The lowest BCUT2D eigenvalue weighted by molar-refractivity contribution is -0.157. The maximum Gasteiger partial charge on any atom is 0.351 e. The van der Waals surface area contributed by atoms with Crippen molar-refractivity contribution < 1.29 is 33.3 Å². The Hall–Kier alpha value is -2.93. The summed E-state index contributed by atoms with van der Waals surface area (Å²) in [5, 5.41) is 0. The van der Waals surface area contributed by atoms with E-state index in [0.29, 0.717) is 15.0 Å². The number of carbonyl (C=O) groups excluding carboxylic acids is 3. The van der Waals surface area contributed by atoms with Crippen LogP contribution in [0.25, 0.3) is 10.4 Å². The van der Waals surface area contributed by atoms with E-state index in [4.69, 9.17) is 24.7 Å². The van der Waals surface area contributed by atoms with Crippen LogP contribution in [0.4, 0.5) is 10.5 Å². The number of halogens is 2. The Morgan fingerprint density at radius 1 is 1.07 bits per heavy atom. The minimum Gasteiger partial charge on any atom is -0.479 e. The van der Waals surface area contributed by atoms with Crippen LogP contribution >= 0.6 is 43.2 Å². The Morgan fingerprint density at radius 3 is 2.46 bits per heavy atom. The summed E-state index contributed by atoms with van der Waals surface area (Å²) in [6, 6.07) is 15.0. The van der Waals surface area contributed by atoms with Crippen molar-refractivity contribution in [3.63, 3.8) is 0 Å². The molecule has 248 valence electrons. The summed E-state index contributed by atoms with van der Waals surface area (Å²) in [5.41, 5.74) is 7.91. The molecule has 1 aliphatic rings. The Balaban J connectivity index is 1.60. The molecule has 1 saturated carbocycles. The van der Waals surface area contributed by atoms with Crippen molar-refractivity contribution in [1.29, 1.82) is 0 Å². The molecule has 0 aliphatic heterocycles. The van der Waals surface area contributed by atoms with Gasteiger partial charge in [-0.15, -0.1) is 11.3 Å². The number of hydrogen-bond donors (Lipinski definition) is 1. The zero-order chi connectivity index (χ0) is 33.6. The molecular weight excluding hydrogens is 740 g/mol. The molecule has 1 heterocycles. The van der Waals surface area contributed by atoms with Crippen LogP contribution in [0.3, 0.4) is 0 Å². The van der Waals surface area contributed by atoms with Crippen LogP contribution in [0, 0.1) is 5.92 Å². The van der Waals surface area contributed by atoms with Gasteiger partial charge in [-0.05, 0) is 104 Å². The summed E-state index contributed by atoms with van der Waals surface area (Å²) in [6.45, 7) is 4.90. The van der Waals surface area contributed by atoms with Crippen LogP contribution in [0.5, 0.6) is 5.75 Å². The number of amides is 2. The van der Waals surface area contributed by atoms with E-state index in [1.165, 1.54) is 12.7 Å². The van der Waals surface area contributed by atoms with Crippen LogP contribution in [0.2, 0.25) is 0 Å². The summed E-state index contributed by atoms with van der Waals surface area (Å²) < 4.78 is 23.6. The van der Waals surface area contributed by atoms with E-state index in [1.807, 2.05) is 36.4 Å². The van der Waals surface area contributed by atoms with Crippen LogP contribution in [-0.2, 0) is 25.4 Å². The number of nitrogens with two attached hydrogens (primary N) is 1. The fourth-order valence-electron chi connectivity index (χ4n) is 5.87. The molecule has 0 saturated heterocycles. The highest BCUT2D eigenvalue weighted by Crippen LogP contribution is 2.47. The maximum atomic E-state index is 13.0. The van der Waals surface area contributed by atoms with Gasteiger partial charge in [0.1, 0.15) is 5.60 Å². The van der Waals surface area contributed by atoms with E-state index in [2.05, 4.69) is 44.0 Å².